The quantitative estimate of drug-likeness (QED) is 0.394. The number of halogens is 3. The molecule has 19 heavy (non-hydrogen) atoms. The van der Waals surface area contributed by atoms with E-state index in [0.717, 1.165) is 0 Å². The molecular formula is C9H2Cl3N5O2. The lowest BCUT2D eigenvalue weighted by Gasteiger charge is -2.05. The molecule has 0 aliphatic carbocycles. The molecule has 2 aromatic rings. The summed E-state index contributed by atoms with van der Waals surface area (Å²) in [5.74, 6) is -0.0989. The molecule has 0 radical (unpaired) electrons. The molecule has 7 nitrogen and oxygen atoms in total. The molecule has 0 saturated heterocycles. The van der Waals surface area contributed by atoms with Crippen molar-refractivity contribution in [1.29, 1.82) is 5.26 Å². The molecule has 1 aromatic heterocycles. The number of nitro groups is 1. The van der Waals surface area contributed by atoms with Gasteiger partial charge in [0.1, 0.15) is 5.02 Å². The zero-order valence-electron chi connectivity index (χ0n) is 8.82. The fourth-order valence-electron chi connectivity index (χ4n) is 1.40. The Balaban J connectivity index is 2.90. The first-order valence-corrected chi connectivity index (χ1v) is 5.73. The lowest BCUT2D eigenvalue weighted by molar-refractivity contribution is -0.383. The number of hydrogen-bond acceptors (Lipinski definition) is 6. The van der Waals surface area contributed by atoms with Crippen molar-refractivity contribution < 1.29 is 4.92 Å². The fraction of sp³-hybridized carbons (Fsp3) is 0. The normalized spacial score (nSPS) is 10.2. The van der Waals surface area contributed by atoms with Crippen molar-refractivity contribution in [2.45, 2.75) is 0 Å². The van der Waals surface area contributed by atoms with Crippen molar-refractivity contribution in [3.63, 3.8) is 0 Å². The standard InChI is InChI=1S/C9H2Cl3N5O2/c10-3-1-4-6(7(5(3)11)17(18)19)16-9(14-2-13)8(12)15-4/h1H,(H,14,16). The predicted octanol–water partition coefficient (Wildman–Crippen LogP) is 3.39. The summed E-state index contributed by atoms with van der Waals surface area (Å²) in [5, 5.41) is 21.3. The highest BCUT2D eigenvalue weighted by molar-refractivity contribution is 6.44. The van der Waals surface area contributed by atoms with E-state index in [1.807, 2.05) is 0 Å². The van der Waals surface area contributed by atoms with Gasteiger partial charge in [-0.15, -0.1) is 0 Å². The van der Waals surface area contributed by atoms with Gasteiger partial charge in [0, 0.05) is 0 Å². The maximum Gasteiger partial charge on any atom is 0.317 e. The summed E-state index contributed by atoms with van der Waals surface area (Å²) in [4.78, 5) is 18.0. The maximum atomic E-state index is 11.0. The third kappa shape index (κ3) is 2.33. The molecule has 0 bridgehead atoms. The van der Waals surface area contributed by atoms with Gasteiger partial charge in [-0.1, -0.05) is 34.8 Å². The molecule has 1 N–H and O–H groups in total. The minimum absolute atomic E-state index is 0.0350. The van der Waals surface area contributed by atoms with Gasteiger partial charge in [-0.2, -0.15) is 5.26 Å². The Bertz CT molecular complexity index is 743. The predicted molar refractivity (Wildman–Crippen MR) is 70.5 cm³/mol. The third-order valence-corrected chi connectivity index (χ3v) is 3.18. The van der Waals surface area contributed by atoms with Crippen LogP contribution >= 0.6 is 34.8 Å². The van der Waals surface area contributed by atoms with Gasteiger partial charge in [0.05, 0.1) is 15.5 Å². The second-order valence-corrected chi connectivity index (χ2v) is 4.39. The highest BCUT2D eigenvalue weighted by Gasteiger charge is 2.24. The average molecular weight is 319 g/mol. The maximum absolute atomic E-state index is 11.0. The van der Waals surface area contributed by atoms with Gasteiger partial charge >= 0.3 is 5.69 Å². The van der Waals surface area contributed by atoms with Gasteiger partial charge in [0.2, 0.25) is 0 Å². The highest BCUT2D eigenvalue weighted by Crippen LogP contribution is 2.38. The minimum atomic E-state index is -0.727. The van der Waals surface area contributed by atoms with Crippen LogP contribution in [0.15, 0.2) is 6.07 Å². The van der Waals surface area contributed by atoms with Crippen molar-refractivity contribution in [2.75, 3.05) is 5.32 Å². The van der Waals surface area contributed by atoms with E-state index in [-0.39, 0.29) is 32.0 Å². The largest absolute Gasteiger partial charge is 0.317 e. The Kier molecular flexibility index (Phi) is 3.57. The summed E-state index contributed by atoms with van der Waals surface area (Å²) in [6.45, 7) is 0. The van der Waals surface area contributed by atoms with Crippen molar-refractivity contribution in [2.24, 2.45) is 0 Å². The summed E-state index contributed by atoms with van der Waals surface area (Å²) in [6.07, 6.45) is 1.60. The van der Waals surface area contributed by atoms with Crippen LogP contribution in [0.2, 0.25) is 15.2 Å². The first kappa shape index (κ1) is 13.5. The van der Waals surface area contributed by atoms with Gasteiger partial charge < -0.3 is 0 Å². The Labute approximate surface area is 120 Å². The van der Waals surface area contributed by atoms with Crippen LogP contribution < -0.4 is 5.32 Å². The van der Waals surface area contributed by atoms with E-state index in [9.17, 15) is 10.1 Å². The molecule has 0 aliphatic rings. The average Bonchev–Trinajstić information content (AvgIpc) is 2.32. The van der Waals surface area contributed by atoms with Crippen LogP contribution in [0.5, 0.6) is 0 Å². The Morgan fingerprint density at radius 1 is 1.37 bits per heavy atom. The molecule has 0 saturated carbocycles. The van der Waals surface area contributed by atoms with Crippen LogP contribution in [0.1, 0.15) is 0 Å². The molecule has 1 heterocycles. The van der Waals surface area contributed by atoms with Gasteiger partial charge in [-0.3, -0.25) is 15.4 Å². The first-order valence-electron chi connectivity index (χ1n) is 4.60. The number of nitrogens with one attached hydrogen (secondary N) is 1. The van der Waals surface area contributed by atoms with Gasteiger partial charge in [-0.25, -0.2) is 9.97 Å². The van der Waals surface area contributed by atoms with E-state index in [0.29, 0.717) is 0 Å². The second-order valence-electron chi connectivity index (χ2n) is 3.25. The number of nitro benzene ring substituents is 1. The number of benzene rings is 1. The Hall–Kier alpha value is -1.88. The van der Waals surface area contributed by atoms with Crippen molar-refractivity contribution in [3.8, 4) is 6.19 Å². The molecular weight excluding hydrogens is 316 g/mol. The number of aromatic nitrogens is 2. The van der Waals surface area contributed by atoms with Crippen LogP contribution in [0.25, 0.3) is 11.0 Å². The van der Waals surface area contributed by atoms with E-state index in [2.05, 4.69) is 15.3 Å². The zero-order valence-corrected chi connectivity index (χ0v) is 11.1. The summed E-state index contributed by atoms with van der Waals surface area (Å²) in [6, 6.07) is 1.31. The van der Waals surface area contributed by atoms with Crippen LogP contribution in [0, 0.1) is 21.6 Å². The van der Waals surface area contributed by atoms with Crippen molar-refractivity contribution in [1.82, 2.24) is 9.97 Å². The summed E-state index contributed by atoms with van der Waals surface area (Å²) in [5.41, 5.74) is -0.495. The minimum Gasteiger partial charge on any atom is -0.274 e. The molecule has 1 aromatic carbocycles. The number of nitriles is 1. The van der Waals surface area contributed by atoms with E-state index in [1.54, 1.807) is 6.19 Å². The van der Waals surface area contributed by atoms with Crippen molar-refractivity contribution >= 4 is 57.3 Å². The monoisotopic (exact) mass is 317 g/mol. The first-order chi connectivity index (χ1) is 8.95. The number of rotatable bonds is 2. The lowest BCUT2D eigenvalue weighted by Crippen LogP contribution is -2.00. The fourth-order valence-corrected chi connectivity index (χ4v) is 1.99. The number of fused-ring (bicyclic) bond motifs is 1. The summed E-state index contributed by atoms with van der Waals surface area (Å²) >= 11 is 17.3. The van der Waals surface area contributed by atoms with Crippen LogP contribution in [-0.2, 0) is 0 Å². The number of nitrogens with zero attached hydrogens (tertiary/aromatic N) is 4. The molecule has 0 spiro atoms. The summed E-state index contributed by atoms with van der Waals surface area (Å²) < 4.78 is 0. The highest BCUT2D eigenvalue weighted by atomic mass is 35.5. The van der Waals surface area contributed by atoms with E-state index >= 15 is 0 Å². The van der Waals surface area contributed by atoms with Gasteiger partial charge in [-0.05, 0) is 6.07 Å². The lowest BCUT2D eigenvalue weighted by atomic mass is 10.2. The second kappa shape index (κ2) is 5.01. The molecule has 0 aliphatic heterocycles. The number of anilines is 1. The third-order valence-electron chi connectivity index (χ3n) is 2.14. The van der Waals surface area contributed by atoms with Gasteiger partial charge in [0.25, 0.3) is 0 Å². The van der Waals surface area contributed by atoms with Crippen LogP contribution in [-0.4, -0.2) is 14.9 Å². The van der Waals surface area contributed by atoms with Crippen LogP contribution in [0.3, 0.4) is 0 Å². The summed E-state index contributed by atoms with van der Waals surface area (Å²) in [7, 11) is 0. The Morgan fingerprint density at radius 3 is 2.63 bits per heavy atom. The molecule has 0 amide bonds. The van der Waals surface area contributed by atoms with E-state index < -0.39 is 10.6 Å². The molecule has 2 rings (SSSR count). The topological polar surface area (TPSA) is 105 Å². The number of hydrogen-bond donors (Lipinski definition) is 1. The van der Waals surface area contributed by atoms with E-state index in [4.69, 9.17) is 40.1 Å². The molecule has 0 unspecified atom stereocenters. The molecule has 10 heteroatoms. The van der Waals surface area contributed by atoms with Crippen molar-refractivity contribution in [3.05, 3.63) is 31.4 Å². The molecule has 0 atom stereocenters. The smallest absolute Gasteiger partial charge is 0.274 e. The van der Waals surface area contributed by atoms with E-state index in [1.165, 1.54) is 6.07 Å². The van der Waals surface area contributed by atoms with Gasteiger partial charge in [0.15, 0.2) is 22.7 Å². The SMILES string of the molecule is N#CNc1nc2c([N+](=O)[O-])c(Cl)c(Cl)cc2nc1Cl. The Morgan fingerprint density at radius 2 is 2.05 bits per heavy atom. The van der Waals surface area contributed by atoms with Crippen LogP contribution in [0.4, 0.5) is 11.5 Å². The molecule has 96 valence electrons. The molecule has 0 fully saturated rings. The zero-order chi connectivity index (χ0) is 14.2.